The van der Waals surface area contributed by atoms with Crippen molar-refractivity contribution < 1.29 is 9.53 Å². The first kappa shape index (κ1) is 19.5. The molecule has 1 aromatic carbocycles. The average Bonchev–Trinajstić information content (AvgIpc) is 3.43. The molecule has 9 heteroatoms. The number of amides is 2. The molecule has 0 aliphatic carbocycles. The van der Waals surface area contributed by atoms with Crippen molar-refractivity contribution in [3.8, 4) is 0 Å². The lowest BCUT2D eigenvalue weighted by molar-refractivity contribution is 0.120. The Labute approximate surface area is 171 Å². The molecule has 3 heterocycles. The van der Waals surface area contributed by atoms with Crippen LogP contribution in [0.1, 0.15) is 25.7 Å². The number of aromatic nitrogens is 2. The lowest BCUT2D eigenvalue weighted by Crippen LogP contribution is -2.32. The Morgan fingerprint density at radius 1 is 1.24 bits per heavy atom. The molecule has 0 saturated carbocycles. The van der Waals surface area contributed by atoms with Crippen LogP contribution in [0.2, 0.25) is 0 Å². The van der Waals surface area contributed by atoms with Crippen LogP contribution in [0.3, 0.4) is 0 Å². The molecular formula is C20H25BN6O2. The van der Waals surface area contributed by atoms with Gasteiger partial charge in [-0.15, -0.1) is 0 Å². The maximum atomic E-state index is 12.3. The zero-order valence-electron chi connectivity index (χ0n) is 16.4. The van der Waals surface area contributed by atoms with Crippen molar-refractivity contribution in [1.82, 2.24) is 14.9 Å². The summed E-state index contributed by atoms with van der Waals surface area (Å²) in [4.78, 5) is 22.8. The number of carbonyl (C=O) groups is 1. The number of ether oxygens (including phenoxy) is 1. The predicted octanol–water partition coefficient (Wildman–Crippen LogP) is 2.23. The number of carbonyl (C=O) groups excluding carboxylic acids is 1. The summed E-state index contributed by atoms with van der Waals surface area (Å²) in [6.45, 7) is 3.09. The molecule has 2 radical (unpaired) electrons. The summed E-state index contributed by atoms with van der Waals surface area (Å²) in [5.74, 6) is 1.01. The van der Waals surface area contributed by atoms with E-state index in [1.807, 2.05) is 29.2 Å². The number of hydrogen-bond donors (Lipinski definition) is 3. The lowest BCUT2D eigenvalue weighted by atomic mass is 9.99. The number of benzene rings is 1. The first-order valence-corrected chi connectivity index (χ1v) is 10.1. The number of rotatable bonds is 6. The second-order valence-corrected chi connectivity index (χ2v) is 7.34. The average molecular weight is 392 g/mol. The number of nitrogens with zero attached hydrogens (tertiary/aromatic N) is 3. The Balaban J connectivity index is 1.39. The molecule has 4 rings (SSSR count). The zero-order valence-corrected chi connectivity index (χ0v) is 16.4. The van der Waals surface area contributed by atoms with E-state index in [0.29, 0.717) is 23.8 Å². The van der Waals surface area contributed by atoms with E-state index in [4.69, 9.17) is 12.6 Å². The van der Waals surface area contributed by atoms with Gasteiger partial charge < -0.3 is 25.6 Å². The molecule has 150 valence electrons. The van der Waals surface area contributed by atoms with Gasteiger partial charge in [-0.2, -0.15) is 4.98 Å². The van der Waals surface area contributed by atoms with Gasteiger partial charge in [-0.3, -0.25) is 0 Å². The van der Waals surface area contributed by atoms with Gasteiger partial charge in [-0.05, 0) is 49.3 Å². The Bertz CT molecular complexity index is 853. The highest BCUT2D eigenvalue weighted by Crippen LogP contribution is 2.20. The summed E-state index contributed by atoms with van der Waals surface area (Å²) in [7, 11) is 6.00. The van der Waals surface area contributed by atoms with E-state index in [0.717, 1.165) is 56.8 Å². The molecule has 1 unspecified atom stereocenters. The van der Waals surface area contributed by atoms with Crippen LogP contribution in [0.5, 0.6) is 0 Å². The third-order valence-corrected chi connectivity index (χ3v) is 5.10. The van der Waals surface area contributed by atoms with Gasteiger partial charge >= 0.3 is 6.03 Å². The highest BCUT2D eigenvalue weighted by Gasteiger charge is 2.18. The maximum Gasteiger partial charge on any atom is 0.321 e. The van der Waals surface area contributed by atoms with Crippen LogP contribution >= 0.6 is 0 Å². The Hall–Kier alpha value is -2.81. The Morgan fingerprint density at radius 3 is 2.86 bits per heavy atom. The fraction of sp³-hybridized carbons (Fsp3) is 0.450. The van der Waals surface area contributed by atoms with Crippen LogP contribution in [-0.2, 0) is 4.74 Å². The molecule has 1 atom stereocenters. The van der Waals surface area contributed by atoms with Crippen LogP contribution < -0.4 is 21.4 Å². The van der Waals surface area contributed by atoms with E-state index in [1.54, 1.807) is 6.20 Å². The van der Waals surface area contributed by atoms with Crippen LogP contribution in [0.15, 0.2) is 30.5 Å². The molecule has 2 saturated heterocycles. The van der Waals surface area contributed by atoms with Gasteiger partial charge in [-0.25, -0.2) is 9.78 Å². The van der Waals surface area contributed by atoms with Crippen molar-refractivity contribution in [3.05, 3.63) is 30.5 Å². The SMILES string of the molecule is [B]c1cnc(Nc2cccc(NC(=O)N3CCCC3)c2)nc1NCC1CCCO1. The normalized spacial score (nSPS) is 18.6. The standard InChI is InChI=1S/C20H25BN6O2/c21-17-13-23-19(26-18(17)22-12-16-7-4-10-29-16)24-14-5-3-6-15(11-14)25-20(28)27-8-1-2-9-27/h3,5-6,11,13,16H,1-2,4,7-10,12H2,(H,25,28)(H2,22,23,24,26). The van der Waals surface area contributed by atoms with Gasteiger partial charge in [-0.1, -0.05) is 6.07 Å². The van der Waals surface area contributed by atoms with E-state index >= 15 is 0 Å². The summed E-state index contributed by atoms with van der Waals surface area (Å²) in [6.07, 6.45) is 6.02. The minimum absolute atomic E-state index is 0.0657. The van der Waals surface area contributed by atoms with E-state index < -0.39 is 0 Å². The number of anilines is 4. The van der Waals surface area contributed by atoms with E-state index in [2.05, 4.69) is 25.9 Å². The molecule has 0 bridgehead atoms. The number of urea groups is 1. The lowest BCUT2D eigenvalue weighted by Gasteiger charge is -2.17. The molecular weight excluding hydrogens is 367 g/mol. The van der Waals surface area contributed by atoms with Crippen molar-refractivity contribution in [1.29, 1.82) is 0 Å². The van der Waals surface area contributed by atoms with Crippen molar-refractivity contribution >= 4 is 42.5 Å². The van der Waals surface area contributed by atoms with Crippen LogP contribution in [0.25, 0.3) is 0 Å². The van der Waals surface area contributed by atoms with E-state index in [9.17, 15) is 4.79 Å². The van der Waals surface area contributed by atoms with Crippen LogP contribution in [0.4, 0.5) is 27.9 Å². The topological polar surface area (TPSA) is 91.4 Å². The number of hydrogen-bond acceptors (Lipinski definition) is 6. The van der Waals surface area contributed by atoms with Gasteiger partial charge in [0.2, 0.25) is 5.95 Å². The third kappa shape index (κ3) is 5.17. The van der Waals surface area contributed by atoms with Gasteiger partial charge in [0.15, 0.2) is 0 Å². The fourth-order valence-electron chi connectivity index (χ4n) is 3.54. The smallest absolute Gasteiger partial charge is 0.321 e. The minimum atomic E-state index is -0.0657. The zero-order chi connectivity index (χ0) is 20.1. The molecule has 2 aliphatic heterocycles. The molecule has 2 aromatic rings. The summed E-state index contributed by atoms with van der Waals surface area (Å²) in [5, 5.41) is 9.36. The van der Waals surface area contributed by atoms with Crippen molar-refractivity contribution in [3.63, 3.8) is 0 Å². The Kier molecular flexibility index (Phi) is 6.14. The first-order chi connectivity index (χ1) is 14.2. The minimum Gasteiger partial charge on any atom is -0.376 e. The van der Waals surface area contributed by atoms with Gasteiger partial charge in [0.1, 0.15) is 13.7 Å². The molecule has 2 fully saturated rings. The summed E-state index contributed by atoms with van der Waals surface area (Å²) in [6, 6.07) is 7.41. The second kappa shape index (κ2) is 9.13. The second-order valence-electron chi connectivity index (χ2n) is 7.34. The highest BCUT2D eigenvalue weighted by atomic mass is 16.5. The largest absolute Gasteiger partial charge is 0.376 e. The molecule has 3 N–H and O–H groups in total. The Morgan fingerprint density at radius 2 is 2.07 bits per heavy atom. The third-order valence-electron chi connectivity index (χ3n) is 5.10. The predicted molar refractivity (Wildman–Crippen MR) is 114 cm³/mol. The highest BCUT2D eigenvalue weighted by molar-refractivity contribution is 6.35. The number of nitrogens with one attached hydrogen (secondary N) is 3. The quantitative estimate of drug-likeness (QED) is 0.654. The van der Waals surface area contributed by atoms with E-state index in [1.165, 1.54) is 0 Å². The molecule has 29 heavy (non-hydrogen) atoms. The maximum absolute atomic E-state index is 12.3. The number of likely N-dealkylation sites (tertiary alicyclic amines) is 1. The summed E-state index contributed by atoms with van der Waals surface area (Å²) in [5.41, 5.74) is 1.98. The van der Waals surface area contributed by atoms with E-state index in [-0.39, 0.29) is 12.1 Å². The van der Waals surface area contributed by atoms with Gasteiger partial charge in [0.05, 0.1) is 6.10 Å². The van der Waals surface area contributed by atoms with Crippen molar-refractivity contribution in [2.75, 3.05) is 42.2 Å². The molecule has 0 spiro atoms. The van der Waals surface area contributed by atoms with Crippen LogP contribution in [-0.4, -0.2) is 61.1 Å². The molecule has 1 aromatic heterocycles. The monoisotopic (exact) mass is 392 g/mol. The van der Waals surface area contributed by atoms with Crippen LogP contribution in [0, 0.1) is 0 Å². The molecule has 8 nitrogen and oxygen atoms in total. The van der Waals surface area contributed by atoms with Gasteiger partial charge in [0.25, 0.3) is 0 Å². The molecule has 2 amide bonds. The first-order valence-electron chi connectivity index (χ1n) is 10.1. The summed E-state index contributed by atoms with van der Waals surface area (Å²) < 4.78 is 5.62. The van der Waals surface area contributed by atoms with Crippen molar-refractivity contribution in [2.24, 2.45) is 0 Å². The van der Waals surface area contributed by atoms with Crippen molar-refractivity contribution in [2.45, 2.75) is 31.8 Å². The summed E-state index contributed by atoms with van der Waals surface area (Å²) >= 11 is 0. The molecule has 2 aliphatic rings. The van der Waals surface area contributed by atoms with Gasteiger partial charge in [0, 0.05) is 43.8 Å². The fourth-order valence-corrected chi connectivity index (χ4v) is 3.54.